The first kappa shape index (κ1) is 13.2. The molecule has 0 saturated carbocycles. The molecular weight excluding hydrogens is 288 g/mol. The molecule has 22 heavy (non-hydrogen) atoms. The van der Waals surface area contributed by atoms with Gasteiger partial charge in [0.1, 0.15) is 0 Å². The minimum Gasteiger partial charge on any atom is -0.363 e. The lowest BCUT2D eigenvalue weighted by molar-refractivity contribution is -0.0348. The zero-order chi connectivity index (χ0) is 14.5. The number of fused-ring (bicyclic) bond motifs is 6. The summed E-state index contributed by atoms with van der Waals surface area (Å²) >= 11 is 2.20. The van der Waals surface area contributed by atoms with Crippen LogP contribution in [0.2, 0.25) is 0 Å². The van der Waals surface area contributed by atoms with Crippen molar-refractivity contribution in [1.82, 2.24) is 0 Å². The third-order valence-corrected chi connectivity index (χ3v) is 7.10. The Morgan fingerprint density at radius 1 is 0.727 bits per heavy atom. The smallest absolute Gasteiger partial charge is 0.0955 e. The molecule has 0 aromatic heterocycles. The van der Waals surface area contributed by atoms with Crippen LogP contribution >= 0.6 is 11.8 Å². The fraction of sp³-hybridized carbons (Fsp3) is 0.400. The number of thioether (sulfide) groups is 1. The maximum atomic E-state index is 6.73. The lowest BCUT2D eigenvalue weighted by Crippen LogP contribution is -2.38. The van der Waals surface area contributed by atoms with Crippen molar-refractivity contribution >= 4 is 11.8 Å². The molecule has 0 spiro atoms. The Hall–Kier alpha value is -1.25. The zero-order valence-electron chi connectivity index (χ0n) is 12.6. The molecule has 2 aliphatic carbocycles. The van der Waals surface area contributed by atoms with Crippen molar-refractivity contribution < 1.29 is 4.74 Å². The van der Waals surface area contributed by atoms with E-state index >= 15 is 0 Å². The highest BCUT2D eigenvalue weighted by atomic mass is 32.2. The highest BCUT2D eigenvalue weighted by Crippen LogP contribution is 2.53. The second-order valence-corrected chi connectivity index (χ2v) is 8.15. The Labute approximate surface area is 136 Å². The quantitative estimate of drug-likeness (QED) is 0.687. The topological polar surface area (TPSA) is 9.23 Å². The molecule has 1 nitrogen and oxygen atoms in total. The summed E-state index contributed by atoms with van der Waals surface area (Å²) in [7, 11) is 0. The van der Waals surface area contributed by atoms with Gasteiger partial charge in [0.05, 0.1) is 12.2 Å². The molecule has 1 heterocycles. The summed E-state index contributed by atoms with van der Waals surface area (Å²) in [5.41, 5.74) is 5.86. The molecule has 0 N–H and O–H groups in total. The van der Waals surface area contributed by atoms with Gasteiger partial charge in [0.25, 0.3) is 0 Å². The van der Waals surface area contributed by atoms with E-state index in [0.717, 1.165) is 0 Å². The van der Waals surface area contributed by atoms with Crippen LogP contribution < -0.4 is 0 Å². The first-order valence-electron chi connectivity index (χ1n) is 8.37. The summed E-state index contributed by atoms with van der Waals surface area (Å²) in [5.74, 6) is 0. The van der Waals surface area contributed by atoms with E-state index in [1.165, 1.54) is 47.9 Å². The van der Waals surface area contributed by atoms with E-state index in [0.29, 0.717) is 10.5 Å². The SMILES string of the molecule is c1ccc2c(c1)CC[C@@H]1S[C@@H]3CCc4ccccc4[C@@H]3O[C@H]21. The summed E-state index contributed by atoms with van der Waals surface area (Å²) in [6, 6.07) is 17.8. The molecule has 0 unspecified atom stereocenters. The van der Waals surface area contributed by atoms with E-state index in [2.05, 4.69) is 60.3 Å². The average molecular weight is 308 g/mol. The Kier molecular flexibility index (Phi) is 3.09. The molecule has 1 saturated heterocycles. The van der Waals surface area contributed by atoms with Gasteiger partial charge >= 0.3 is 0 Å². The summed E-state index contributed by atoms with van der Waals surface area (Å²) in [6.07, 6.45) is 5.50. The van der Waals surface area contributed by atoms with E-state index in [-0.39, 0.29) is 12.2 Å². The minimum atomic E-state index is 0.280. The normalized spacial score (nSPS) is 32.4. The van der Waals surface area contributed by atoms with Gasteiger partial charge in [-0.05, 0) is 47.9 Å². The maximum Gasteiger partial charge on any atom is 0.0955 e. The lowest BCUT2D eigenvalue weighted by Gasteiger charge is -2.46. The van der Waals surface area contributed by atoms with Crippen LogP contribution in [0, 0.1) is 0 Å². The van der Waals surface area contributed by atoms with Gasteiger partial charge in [-0.2, -0.15) is 0 Å². The van der Waals surface area contributed by atoms with Crippen LogP contribution in [-0.2, 0) is 17.6 Å². The van der Waals surface area contributed by atoms with Gasteiger partial charge in [0.15, 0.2) is 0 Å². The molecular formula is C20H20OS. The van der Waals surface area contributed by atoms with E-state index in [1.54, 1.807) is 0 Å². The minimum absolute atomic E-state index is 0.280. The average Bonchev–Trinajstić information content (AvgIpc) is 2.60. The first-order chi connectivity index (χ1) is 10.9. The predicted molar refractivity (Wildman–Crippen MR) is 91.3 cm³/mol. The van der Waals surface area contributed by atoms with Crippen molar-refractivity contribution in [2.75, 3.05) is 0 Å². The molecule has 0 amide bonds. The van der Waals surface area contributed by atoms with Crippen LogP contribution in [0.25, 0.3) is 0 Å². The van der Waals surface area contributed by atoms with Crippen molar-refractivity contribution in [3.8, 4) is 0 Å². The van der Waals surface area contributed by atoms with Crippen LogP contribution in [0.1, 0.15) is 47.3 Å². The number of benzene rings is 2. The summed E-state index contributed by atoms with van der Waals surface area (Å²) in [6.45, 7) is 0. The van der Waals surface area contributed by atoms with Gasteiger partial charge in [0.2, 0.25) is 0 Å². The highest BCUT2D eigenvalue weighted by Gasteiger charge is 2.43. The molecule has 1 aliphatic heterocycles. The van der Waals surface area contributed by atoms with Crippen molar-refractivity contribution in [3.05, 3.63) is 70.8 Å². The Bertz CT molecular complexity index is 651. The Morgan fingerprint density at radius 2 is 1.23 bits per heavy atom. The molecule has 2 heteroatoms. The summed E-state index contributed by atoms with van der Waals surface area (Å²) in [5, 5.41) is 1.28. The van der Waals surface area contributed by atoms with E-state index < -0.39 is 0 Å². The fourth-order valence-corrected chi connectivity index (χ4v) is 6.02. The lowest BCUT2D eigenvalue weighted by atomic mass is 9.86. The van der Waals surface area contributed by atoms with Crippen LogP contribution in [-0.4, -0.2) is 10.5 Å². The molecule has 3 aliphatic rings. The van der Waals surface area contributed by atoms with Crippen LogP contribution in [0.4, 0.5) is 0 Å². The van der Waals surface area contributed by atoms with Crippen LogP contribution in [0.5, 0.6) is 0 Å². The fourth-order valence-electron chi connectivity index (χ4n) is 4.36. The molecule has 4 atom stereocenters. The second-order valence-electron chi connectivity index (χ2n) is 6.67. The van der Waals surface area contributed by atoms with E-state index in [9.17, 15) is 0 Å². The monoisotopic (exact) mass is 308 g/mol. The van der Waals surface area contributed by atoms with Crippen molar-refractivity contribution in [1.29, 1.82) is 0 Å². The molecule has 2 aromatic carbocycles. The number of hydrogen-bond donors (Lipinski definition) is 0. The third-order valence-electron chi connectivity index (χ3n) is 5.44. The Balaban J connectivity index is 1.54. The van der Waals surface area contributed by atoms with Gasteiger partial charge < -0.3 is 4.74 Å². The third kappa shape index (κ3) is 1.97. The predicted octanol–water partition coefficient (Wildman–Crippen LogP) is 4.86. The van der Waals surface area contributed by atoms with E-state index in [4.69, 9.17) is 4.74 Å². The summed E-state index contributed by atoms with van der Waals surface area (Å²) in [4.78, 5) is 0. The van der Waals surface area contributed by atoms with Crippen molar-refractivity contribution in [2.24, 2.45) is 0 Å². The van der Waals surface area contributed by atoms with Crippen molar-refractivity contribution in [2.45, 2.75) is 48.4 Å². The van der Waals surface area contributed by atoms with Gasteiger partial charge in [-0.25, -0.2) is 0 Å². The first-order valence-corrected chi connectivity index (χ1v) is 9.31. The van der Waals surface area contributed by atoms with Crippen LogP contribution in [0.3, 0.4) is 0 Å². The number of rotatable bonds is 0. The Morgan fingerprint density at radius 3 is 1.77 bits per heavy atom. The van der Waals surface area contributed by atoms with Gasteiger partial charge in [-0.3, -0.25) is 0 Å². The maximum absolute atomic E-state index is 6.73. The standard InChI is InChI=1S/C20H20OS/c1-3-7-15-13(5-1)9-11-17-19(15)21-20-16-8-4-2-6-14(16)10-12-18(20)22-17/h1-8,17-20H,9-12H2/t17-,18+,19+,20-. The molecule has 2 aromatic rings. The number of ether oxygens (including phenoxy) is 1. The van der Waals surface area contributed by atoms with Crippen molar-refractivity contribution in [3.63, 3.8) is 0 Å². The van der Waals surface area contributed by atoms with Gasteiger partial charge in [-0.1, -0.05) is 48.5 Å². The second kappa shape index (κ2) is 5.14. The highest BCUT2D eigenvalue weighted by molar-refractivity contribution is 8.00. The van der Waals surface area contributed by atoms with Crippen LogP contribution in [0.15, 0.2) is 48.5 Å². The number of aryl methyl sites for hydroxylation is 2. The molecule has 0 bridgehead atoms. The summed E-state index contributed by atoms with van der Waals surface area (Å²) < 4.78 is 6.73. The zero-order valence-corrected chi connectivity index (χ0v) is 13.4. The molecule has 112 valence electrons. The van der Waals surface area contributed by atoms with Gasteiger partial charge in [0, 0.05) is 10.5 Å². The van der Waals surface area contributed by atoms with E-state index in [1.807, 2.05) is 0 Å². The molecule has 5 rings (SSSR count). The molecule has 0 radical (unpaired) electrons. The molecule has 1 fully saturated rings. The number of hydrogen-bond acceptors (Lipinski definition) is 2. The largest absolute Gasteiger partial charge is 0.363 e. The van der Waals surface area contributed by atoms with Gasteiger partial charge in [-0.15, -0.1) is 11.8 Å².